The van der Waals surface area contributed by atoms with E-state index in [2.05, 4.69) is 20.1 Å². The van der Waals surface area contributed by atoms with E-state index < -0.39 is 29.3 Å². The van der Waals surface area contributed by atoms with Gasteiger partial charge < -0.3 is 10.1 Å². The second kappa shape index (κ2) is 9.21. The molecule has 0 aliphatic carbocycles. The van der Waals surface area contributed by atoms with Crippen LogP contribution in [-0.4, -0.2) is 39.5 Å². The van der Waals surface area contributed by atoms with Gasteiger partial charge in [0.15, 0.2) is 5.69 Å². The number of carbonyl (C=O) groups is 2. The topological polar surface area (TPSA) is 86.1 Å². The number of alkyl halides is 3. The third kappa shape index (κ3) is 5.05. The molecule has 0 radical (unpaired) electrons. The second-order valence-corrected chi connectivity index (χ2v) is 6.95. The number of halogens is 3. The number of benzene rings is 1. The number of ether oxygens (including phenoxy) is 1. The van der Waals surface area contributed by atoms with E-state index in [4.69, 9.17) is 0 Å². The van der Waals surface area contributed by atoms with Crippen LogP contribution in [0, 0.1) is 0 Å². The Hall–Kier alpha value is -3.34. The van der Waals surface area contributed by atoms with Gasteiger partial charge in [-0.15, -0.1) is 11.8 Å². The number of aromatic nitrogens is 3. The highest BCUT2D eigenvalue weighted by molar-refractivity contribution is 7.98. The molecule has 0 spiro atoms. The van der Waals surface area contributed by atoms with Gasteiger partial charge >= 0.3 is 12.1 Å². The zero-order valence-corrected chi connectivity index (χ0v) is 17.3. The van der Waals surface area contributed by atoms with E-state index in [0.717, 1.165) is 11.2 Å². The molecule has 0 saturated carbocycles. The fourth-order valence-corrected chi connectivity index (χ4v) is 3.07. The normalized spacial score (nSPS) is 11.3. The van der Waals surface area contributed by atoms with Crippen molar-refractivity contribution in [3.63, 3.8) is 0 Å². The van der Waals surface area contributed by atoms with Crippen molar-refractivity contribution in [3.05, 3.63) is 65.6 Å². The van der Waals surface area contributed by atoms with Gasteiger partial charge in [-0.2, -0.15) is 18.3 Å². The summed E-state index contributed by atoms with van der Waals surface area (Å²) in [5, 5.41) is 7.16. The van der Waals surface area contributed by atoms with Crippen LogP contribution in [0.25, 0.3) is 5.69 Å². The number of hydrogen-bond acceptors (Lipinski definition) is 6. The highest BCUT2D eigenvalue weighted by Crippen LogP contribution is 2.34. The summed E-state index contributed by atoms with van der Waals surface area (Å²) in [7, 11) is 0. The molecule has 0 fully saturated rings. The van der Waals surface area contributed by atoms with Crippen LogP contribution < -0.4 is 5.32 Å². The largest absolute Gasteiger partial charge is 0.462 e. The molecular weight excluding hydrogens is 433 g/mol. The minimum atomic E-state index is -4.84. The minimum absolute atomic E-state index is 0.0328. The van der Waals surface area contributed by atoms with Crippen molar-refractivity contribution >= 4 is 29.3 Å². The summed E-state index contributed by atoms with van der Waals surface area (Å²) < 4.78 is 46.1. The molecule has 3 rings (SSSR count). The molecule has 0 bridgehead atoms. The highest BCUT2D eigenvalue weighted by Gasteiger charge is 2.41. The lowest BCUT2D eigenvalue weighted by molar-refractivity contribution is -0.143. The van der Waals surface area contributed by atoms with Gasteiger partial charge in [-0.05, 0) is 49.6 Å². The first kappa shape index (κ1) is 22.3. The van der Waals surface area contributed by atoms with Crippen LogP contribution in [0.15, 0.2) is 53.8 Å². The zero-order chi connectivity index (χ0) is 22.6. The lowest BCUT2D eigenvalue weighted by Crippen LogP contribution is -2.18. The molecule has 162 valence electrons. The maximum absolute atomic E-state index is 13.6. The Kier molecular flexibility index (Phi) is 6.64. The van der Waals surface area contributed by atoms with Crippen LogP contribution >= 0.6 is 11.8 Å². The van der Waals surface area contributed by atoms with Gasteiger partial charge in [0.25, 0.3) is 5.91 Å². The van der Waals surface area contributed by atoms with Crippen LogP contribution in [0.5, 0.6) is 0 Å². The van der Waals surface area contributed by atoms with Crippen molar-refractivity contribution in [2.75, 3.05) is 18.2 Å². The SMILES string of the molecule is CCOC(=O)c1cnn(-c2ccc(C(=O)Nc3ccc(SC)nc3)cc2)c1C(F)(F)F. The number of anilines is 1. The monoisotopic (exact) mass is 450 g/mol. The number of nitrogens with one attached hydrogen (secondary N) is 1. The van der Waals surface area contributed by atoms with Crippen molar-refractivity contribution in [2.45, 2.75) is 18.1 Å². The van der Waals surface area contributed by atoms with Crippen LogP contribution in [0.3, 0.4) is 0 Å². The third-order valence-electron chi connectivity index (χ3n) is 4.11. The van der Waals surface area contributed by atoms with E-state index in [1.54, 1.807) is 12.1 Å². The van der Waals surface area contributed by atoms with Crippen molar-refractivity contribution in [3.8, 4) is 5.69 Å². The predicted octanol–water partition coefficient (Wildman–Crippen LogP) is 4.44. The van der Waals surface area contributed by atoms with Gasteiger partial charge in [-0.25, -0.2) is 14.5 Å². The highest BCUT2D eigenvalue weighted by atomic mass is 32.2. The molecule has 2 aromatic heterocycles. The van der Waals surface area contributed by atoms with Crippen LogP contribution in [0.1, 0.15) is 33.3 Å². The van der Waals surface area contributed by atoms with Gasteiger partial charge in [0.05, 0.1) is 35.4 Å². The van der Waals surface area contributed by atoms with Crippen molar-refractivity contribution < 1.29 is 27.5 Å². The Labute approximate surface area is 179 Å². The zero-order valence-electron chi connectivity index (χ0n) is 16.4. The molecule has 3 aromatic rings. The molecule has 1 N–H and O–H groups in total. The Morgan fingerprint density at radius 1 is 1.13 bits per heavy atom. The van der Waals surface area contributed by atoms with Crippen molar-refractivity contribution in [1.29, 1.82) is 0 Å². The number of pyridine rings is 1. The van der Waals surface area contributed by atoms with Crippen molar-refractivity contribution in [1.82, 2.24) is 14.8 Å². The summed E-state index contributed by atoms with van der Waals surface area (Å²) in [5.74, 6) is -1.56. The first-order valence-corrected chi connectivity index (χ1v) is 10.2. The number of nitrogens with zero attached hydrogens (tertiary/aromatic N) is 3. The molecule has 0 unspecified atom stereocenters. The summed E-state index contributed by atoms with van der Waals surface area (Å²) in [6, 6.07) is 8.78. The van der Waals surface area contributed by atoms with Crippen molar-refractivity contribution in [2.24, 2.45) is 0 Å². The number of thioether (sulfide) groups is 1. The molecular formula is C20H17F3N4O3S. The Bertz CT molecular complexity index is 1080. The number of carbonyl (C=O) groups excluding carboxylic acids is 2. The standard InChI is InChI=1S/C20H17F3N4O3S/c1-3-30-19(29)15-11-25-27(17(15)20(21,22)23)14-7-4-12(5-8-14)18(28)26-13-6-9-16(31-2)24-10-13/h4-11H,3H2,1-2H3,(H,26,28). The molecule has 7 nitrogen and oxygen atoms in total. The molecule has 0 saturated heterocycles. The third-order valence-corrected chi connectivity index (χ3v) is 4.77. The number of esters is 1. The predicted molar refractivity (Wildman–Crippen MR) is 108 cm³/mol. The van der Waals surface area contributed by atoms with Gasteiger partial charge in [-0.3, -0.25) is 4.79 Å². The van der Waals surface area contributed by atoms with E-state index in [-0.39, 0.29) is 17.9 Å². The van der Waals surface area contributed by atoms with E-state index in [1.807, 2.05) is 6.26 Å². The van der Waals surface area contributed by atoms with E-state index in [9.17, 15) is 22.8 Å². The summed E-state index contributed by atoms with van der Waals surface area (Å²) in [4.78, 5) is 28.4. The second-order valence-electron chi connectivity index (χ2n) is 6.13. The number of amides is 1. The average molecular weight is 450 g/mol. The van der Waals surface area contributed by atoms with Crippen LogP contribution in [0.4, 0.5) is 18.9 Å². The lowest BCUT2D eigenvalue weighted by Gasteiger charge is -2.13. The molecule has 1 aromatic carbocycles. The van der Waals surface area contributed by atoms with E-state index in [0.29, 0.717) is 10.4 Å². The number of rotatable bonds is 6. The molecule has 11 heteroatoms. The summed E-state index contributed by atoms with van der Waals surface area (Å²) in [6.07, 6.45) is -0.646. The number of hydrogen-bond donors (Lipinski definition) is 1. The summed E-state index contributed by atoms with van der Waals surface area (Å²) in [6.45, 7) is 1.42. The molecule has 31 heavy (non-hydrogen) atoms. The van der Waals surface area contributed by atoms with Gasteiger partial charge in [0, 0.05) is 5.56 Å². The smallest absolute Gasteiger partial charge is 0.434 e. The quantitative estimate of drug-likeness (QED) is 0.442. The summed E-state index contributed by atoms with van der Waals surface area (Å²) in [5.41, 5.74) is -1.19. The Morgan fingerprint density at radius 2 is 1.84 bits per heavy atom. The maximum Gasteiger partial charge on any atom is 0.434 e. The first-order valence-electron chi connectivity index (χ1n) is 8.98. The first-order chi connectivity index (χ1) is 14.7. The molecule has 0 atom stereocenters. The van der Waals surface area contributed by atoms with E-state index >= 15 is 0 Å². The maximum atomic E-state index is 13.6. The Morgan fingerprint density at radius 3 is 2.39 bits per heavy atom. The van der Waals surface area contributed by atoms with Gasteiger partial charge in [0.1, 0.15) is 5.56 Å². The molecule has 0 aliphatic heterocycles. The average Bonchev–Trinajstić information content (AvgIpc) is 3.20. The van der Waals surface area contributed by atoms with Gasteiger partial charge in [-0.1, -0.05) is 0 Å². The van der Waals surface area contributed by atoms with Crippen LogP contribution in [0.2, 0.25) is 0 Å². The molecule has 2 heterocycles. The molecule has 1 amide bonds. The molecule has 0 aliphatic rings. The summed E-state index contributed by atoms with van der Waals surface area (Å²) >= 11 is 1.46. The van der Waals surface area contributed by atoms with Crippen LogP contribution in [-0.2, 0) is 10.9 Å². The fraction of sp³-hybridized carbons (Fsp3) is 0.200. The van der Waals surface area contributed by atoms with E-state index in [1.165, 1.54) is 49.1 Å². The Balaban J connectivity index is 1.85. The minimum Gasteiger partial charge on any atom is -0.462 e. The lowest BCUT2D eigenvalue weighted by atomic mass is 10.1. The van der Waals surface area contributed by atoms with Gasteiger partial charge in [0.2, 0.25) is 0 Å². The fourth-order valence-electron chi connectivity index (χ4n) is 2.71.